The number of piperidine rings is 1. The Labute approximate surface area is 176 Å². The quantitative estimate of drug-likeness (QED) is 0.655. The van der Waals surface area contributed by atoms with E-state index in [-0.39, 0.29) is 29.4 Å². The molecule has 1 fully saturated rings. The molecule has 0 saturated carbocycles. The zero-order valence-electron chi connectivity index (χ0n) is 16.9. The second-order valence-electron chi connectivity index (χ2n) is 7.34. The van der Waals surface area contributed by atoms with Crippen LogP contribution in [0.4, 0.5) is 5.69 Å². The Morgan fingerprint density at radius 3 is 2.48 bits per heavy atom. The van der Waals surface area contributed by atoms with Gasteiger partial charge < -0.3 is 15.1 Å². The summed E-state index contributed by atoms with van der Waals surface area (Å²) in [6.07, 6.45) is 5.29. The number of benzene rings is 1. The van der Waals surface area contributed by atoms with Crippen molar-refractivity contribution in [2.75, 3.05) is 36.5 Å². The lowest BCUT2D eigenvalue weighted by atomic mass is 10.1. The molecule has 29 heavy (non-hydrogen) atoms. The number of likely N-dealkylation sites (tertiary alicyclic amines) is 1. The second-order valence-corrected chi connectivity index (χ2v) is 8.32. The first-order valence-electron chi connectivity index (χ1n) is 10.1. The molecular weight excluding hydrogens is 386 g/mol. The molecule has 1 atom stereocenters. The molecule has 2 heterocycles. The highest BCUT2D eigenvalue weighted by Crippen LogP contribution is 2.24. The Morgan fingerprint density at radius 2 is 1.79 bits per heavy atom. The standard InChI is InChI=1S/C22H29N3O3S/c1-17-7-9-18(10-8-17)24-22(27)16-29-15-21(26)23-14-19(20-6-5-13-28-20)25-11-3-2-4-12-25/h5-10,13,19H,2-4,11-12,14-16H2,1H3,(H,23,26)(H,24,27). The topological polar surface area (TPSA) is 74.6 Å². The van der Waals surface area contributed by atoms with Gasteiger partial charge in [0.1, 0.15) is 5.76 Å². The first-order valence-corrected chi connectivity index (χ1v) is 11.3. The molecule has 1 aliphatic rings. The van der Waals surface area contributed by atoms with Crippen LogP contribution in [0.3, 0.4) is 0 Å². The van der Waals surface area contributed by atoms with Crippen molar-refractivity contribution in [2.45, 2.75) is 32.2 Å². The van der Waals surface area contributed by atoms with Crippen molar-refractivity contribution in [2.24, 2.45) is 0 Å². The van der Waals surface area contributed by atoms with E-state index in [9.17, 15) is 9.59 Å². The van der Waals surface area contributed by atoms with Crippen LogP contribution in [0.15, 0.2) is 47.1 Å². The minimum atomic E-state index is -0.103. The molecule has 0 spiro atoms. The summed E-state index contributed by atoms with van der Waals surface area (Å²) in [5.41, 5.74) is 1.92. The molecule has 0 bridgehead atoms. The second kappa shape index (κ2) is 11.1. The molecule has 2 aromatic rings. The van der Waals surface area contributed by atoms with Gasteiger partial charge in [0, 0.05) is 12.2 Å². The van der Waals surface area contributed by atoms with E-state index in [1.165, 1.54) is 31.0 Å². The molecular formula is C22H29N3O3S. The minimum Gasteiger partial charge on any atom is -0.468 e. The fraction of sp³-hybridized carbons (Fsp3) is 0.455. The molecule has 1 saturated heterocycles. The van der Waals surface area contributed by atoms with Crippen LogP contribution in [0, 0.1) is 6.92 Å². The Hall–Kier alpha value is -2.25. The van der Waals surface area contributed by atoms with Crippen LogP contribution in [-0.2, 0) is 9.59 Å². The number of anilines is 1. The zero-order valence-corrected chi connectivity index (χ0v) is 17.7. The van der Waals surface area contributed by atoms with E-state index in [4.69, 9.17) is 4.42 Å². The maximum Gasteiger partial charge on any atom is 0.234 e. The van der Waals surface area contributed by atoms with Crippen molar-refractivity contribution >= 4 is 29.3 Å². The number of rotatable bonds is 9. The normalized spacial score (nSPS) is 15.6. The first kappa shape index (κ1) is 21.5. The molecule has 1 aromatic carbocycles. The highest BCUT2D eigenvalue weighted by molar-refractivity contribution is 8.00. The number of furan rings is 1. The monoisotopic (exact) mass is 415 g/mol. The van der Waals surface area contributed by atoms with Gasteiger partial charge in [-0.15, -0.1) is 11.8 Å². The third kappa shape index (κ3) is 6.94. The average molecular weight is 416 g/mol. The summed E-state index contributed by atoms with van der Waals surface area (Å²) in [5, 5.41) is 5.85. The fourth-order valence-electron chi connectivity index (χ4n) is 3.45. The SMILES string of the molecule is Cc1ccc(NC(=O)CSCC(=O)NCC(c2ccco2)N2CCCCC2)cc1. The van der Waals surface area contributed by atoms with Crippen LogP contribution in [0.2, 0.25) is 0 Å². The van der Waals surface area contributed by atoms with Crippen molar-refractivity contribution < 1.29 is 14.0 Å². The van der Waals surface area contributed by atoms with E-state index in [0.717, 1.165) is 30.1 Å². The number of thioether (sulfide) groups is 1. The van der Waals surface area contributed by atoms with Gasteiger partial charge in [-0.05, 0) is 57.1 Å². The van der Waals surface area contributed by atoms with Gasteiger partial charge in [0.15, 0.2) is 0 Å². The Balaban J connectivity index is 1.40. The van der Waals surface area contributed by atoms with E-state index < -0.39 is 0 Å². The highest BCUT2D eigenvalue weighted by Gasteiger charge is 2.24. The molecule has 3 rings (SSSR count). The van der Waals surface area contributed by atoms with E-state index in [0.29, 0.717) is 6.54 Å². The van der Waals surface area contributed by atoms with Crippen molar-refractivity contribution in [3.05, 3.63) is 54.0 Å². The number of nitrogens with zero attached hydrogens (tertiary/aromatic N) is 1. The fourth-order valence-corrected chi connectivity index (χ4v) is 4.10. The van der Waals surface area contributed by atoms with Gasteiger partial charge in [-0.25, -0.2) is 0 Å². The number of carbonyl (C=O) groups is 2. The molecule has 1 unspecified atom stereocenters. The Morgan fingerprint density at radius 1 is 1.07 bits per heavy atom. The zero-order chi connectivity index (χ0) is 20.5. The summed E-state index contributed by atoms with van der Waals surface area (Å²) in [4.78, 5) is 26.7. The van der Waals surface area contributed by atoms with Crippen molar-refractivity contribution in [1.29, 1.82) is 0 Å². The maximum atomic E-state index is 12.3. The molecule has 0 aliphatic carbocycles. The third-order valence-corrected chi connectivity index (χ3v) is 5.93. The molecule has 1 aliphatic heterocycles. The van der Waals surface area contributed by atoms with Gasteiger partial charge in [-0.2, -0.15) is 0 Å². The van der Waals surface area contributed by atoms with Gasteiger partial charge in [0.2, 0.25) is 11.8 Å². The summed E-state index contributed by atoms with van der Waals surface area (Å²) < 4.78 is 5.61. The van der Waals surface area contributed by atoms with E-state index in [2.05, 4.69) is 15.5 Å². The number of amides is 2. The lowest BCUT2D eigenvalue weighted by Crippen LogP contribution is -2.41. The Kier molecular flexibility index (Phi) is 8.19. The highest BCUT2D eigenvalue weighted by atomic mass is 32.2. The number of carbonyl (C=O) groups excluding carboxylic acids is 2. The average Bonchev–Trinajstić information content (AvgIpc) is 3.25. The predicted molar refractivity (Wildman–Crippen MR) is 117 cm³/mol. The molecule has 2 N–H and O–H groups in total. The van der Waals surface area contributed by atoms with Gasteiger partial charge >= 0.3 is 0 Å². The van der Waals surface area contributed by atoms with Crippen LogP contribution in [-0.4, -0.2) is 47.9 Å². The van der Waals surface area contributed by atoms with Crippen LogP contribution < -0.4 is 10.6 Å². The predicted octanol–water partition coefficient (Wildman–Crippen LogP) is 3.60. The van der Waals surface area contributed by atoms with E-state index in [1.54, 1.807) is 6.26 Å². The lowest BCUT2D eigenvalue weighted by molar-refractivity contribution is -0.118. The summed E-state index contributed by atoms with van der Waals surface area (Å²) in [7, 11) is 0. The van der Waals surface area contributed by atoms with Crippen LogP contribution >= 0.6 is 11.8 Å². The number of hydrogen-bond acceptors (Lipinski definition) is 5. The molecule has 6 nitrogen and oxygen atoms in total. The molecule has 1 aromatic heterocycles. The smallest absolute Gasteiger partial charge is 0.234 e. The summed E-state index contributed by atoms with van der Waals surface area (Å²) in [6.45, 7) is 4.56. The summed E-state index contributed by atoms with van der Waals surface area (Å²) in [5.74, 6) is 1.22. The van der Waals surface area contributed by atoms with Gasteiger partial charge in [-0.1, -0.05) is 24.1 Å². The van der Waals surface area contributed by atoms with Gasteiger partial charge in [0.25, 0.3) is 0 Å². The van der Waals surface area contributed by atoms with Crippen LogP contribution in [0.5, 0.6) is 0 Å². The van der Waals surface area contributed by atoms with Crippen LogP contribution in [0.1, 0.15) is 36.6 Å². The van der Waals surface area contributed by atoms with Gasteiger partial charge in [-0.3, -0.25) is 14.5 Å². The molecule has 0 radical (unpaired) electrons. The summed E-state index contributed by atoms with van der Waals surface area (Å²) in [6, 6.07) is 11.6. The molecule has 2 amide bonds. The van der Waals surface area contributed by atoms with E-state index >= 15 is 0 Å². The minimum absolute atomic E-state index is 0.0593. The molecule has 156 valence electrons. The van der Waals surface area contributed by atoms with Crippen molar-refractivity contribution in [1.82, 2.24) is 10.2 Å². The summed E-state index contributed by atoms with van der Waals surface area (Å²) >= 11 is 1.32. The first-order chi connectivity index (χ1) is 14.1. The largest absolute Gasteiger partial charge is 0.468 e. The van der Waals surface area contributed by atoms with Crippen molar-refractivity contribution in [3.63, 3.8) is 0 Å². The number of hydrogen-bond donors (Lipinski definition) is 2. The van der Waals surface area contributed by atoms with Gasteiger partial charge in [0.05, 0.1) is 23.8 Å². The maximum absolute atomic E-state index is 12.3. The van der Waals surface area contributed by atoms with Crippen LogP contribution in [0.25, 0.3) is 0 Å². The molecule has 7 heteroatoms. The number of aryl methyl sites for hydroxylation is 1. The van der Waals surface area contributed by atoms with Crippen molar-refractivity contribution in [3.8, 4) is 0 Å². The number of nitrogens with one attached hydrogen (secondary N) is 2. The third-order valence-electron chi connectivity index (χ3n) is 5.00. The lowest BCUT2D eigenvalue weighted by Gasteiger charge is -2.33. The van der Waals surface area contributed by atoms with E-state index in [1.807, 2.05) is 43.3 Å². The Bertz CT molecular complexity index is 771.